The van der Waals surface area contributed by atoms with Gasteiger partial charge in [-0.2, -0.15) is 0 Å². The average molecular weight is 357 g/mol. The van der Waals surface area contributed by atoms with Crippen LogP contribution >= 0.6 is 0 Å². The second-order valence-electron chi connectivity index (χ2n) is 6.08. The Kier molecular flexibility index (Phi) is 7.32. The van der Waals surface area contributed by atoms with Crippen LogP contribution < -0.4 is 5.32 Å². The van der Waals surface area contributed by atoms with Crippen molar-refractivity contribution in [3.63, 3.8) is 0 Å². The maximum absolute atomic E-state index is 11.7. The largest absolute Gasteiger partial charge is 0.445 e. The van der Waals surface area contributed by atoms with Gasteiger partial charge in [0.15, 0.2) is 0 Å². The molecule has 2 aromatic carbocycles. The number of benzene rings is 2. The predicted molar refractivity (Wildman–Crippen MR) is 96.4 cm³/mol. The molecular formula is C20H23NO5. The van der Waals surface area contributed by atoms with Crippen LogP contribution in [0, 0.1) is 0 Å². The van der Waals surface area contributed by atoms with Gasteiger partial charge in [0.25, 0.3) is 0 Å². The molecule has 2 atom stereocenters. The number of Topliss-reactive ketones (excluding diaryl/α,β-unsaturated/α-hetero) is 1. The summed E-state index contributed by atoms with van der Waals surface area (Å²) in [6.45, 7) is 1.45. The summed E-state index contributed by atoms with van der Waals surface area (Å²) in [7, 11) is 0. The number of rotatable bonds is 8. The standard InChI is InChI=1S/C20H23NO5/c1-14(22)10-16-8-5-9-17(11-16)19(24)18(23)12-21-20(25)26-13-15-6-3-2-4-7-15/h2-9,11,18-19,23-24H,10,12-13H2,1H3,(H,21,25). The fourth-order valence-electron chi connectivity index (χ4n) is 2.47. The van der Waals surface area contributed by atoms with E-state index in [9.17, 15) is 19.8 Å². The second kappa shape index (κ2) is 9.70. The monoisotopic (exact) mass is 357 g/mol. The molecule has 0 aromatic heterocycles. The quantitative estimate of drug-likeness (QED) is 0.673. The van der Waals surface area contributed by atoms with Gasteiger partial charge >= 0.3 is 6.09 Å². The summed E-state index contributed by atoms with van der Waals surface area (Å²) in [5, 5.41) is 22.8. The van der Waals surface area contributed by atoms with Gasteiger partial charge in [0.1, 0.15) is 24.6 Å². The normalized spacial score (nSPS) is 12.9. The van der Waals surface area contributed by atoms with Crippen LogP contribution in [0.2, 0.25) is 0 Å². The lowest BCUT2D eigenvalue weighted by atomic mass is 10.00. The molecule has 2 unspecified atom stereocenters. The SMILES string of the molecule is CC(=O)Cc1cccc(C(O)C(O)CNC(=O)OCc2ccccc2)c1. The Morgan fingerprint density at radius 1 is 1.04 bits per heavy atom. The first kappa shape index (κ1) is 19.6. The van der Waals surface area contributed by atoms with Crippen molar-refractivity contribution < 1.29 is 24.5 Å². The van der Waals surface area contributed by atoms with Gasteiger partial charge in [-0.3, -0.25) is 4.79 Å². The van der Waals surface area contributed by atoms with E-state index in [1.807, 2.05) is 30.3 Å². The number of hydrogen-bond donors (Lipinski definition) is 3. The fourth-order valence-corrected chi connectivity index (χ4v) is 2.47. The Bertz CT molecular complexity index is 732. The van der Waals surface area contributed by atoms with Crippen LogP contribution in [0.4, 0.5) is 4.79 Å². The molecule has 0 spiro atoms. The van der Waals surface area contributed by atoms with Gasteiger partial charge in [-0.25, -0.2) is 4.79 Å². The molecule has 138 valence electrons. The molecule has 0 aliphatic heterocycles. The molecule has 3 N–H and O–H groups in total. The zero-order chi connectivity index (χ0) is 18.9. The summed E-state index contributed by atoms with van der Waals surface area (Å²) in [6.07, 6.45) is -2.80. The fraction of sp³-hybridized carbons (Fsp3) is 0.300. The molecule has 0 saturated carbocycles. The average Bonchev–Trinajstić information content (AvgIpc) is 2.64. The van der Waals surface area contributed by atoms with Crippen molar-refractivity contribution in [3.8, 4) is 0 Å². The van der Waals surface area contributed by atoms with Gasteiger partial charge in [0.2, 0.25) is 0 Å². The van der Waals surface area contributed by atoms with E-state index in [0.29, 0.717) is 5.56 Å². The third kappa shape index (κ3) is 6.31. The van der Waals surface area contributed by atoms with Crippen molar-refractivity contribution >= 4 is 11.9 Å². The molecule has 0 radical (unpaired) electrons. The summed E-state index contributed by atoms with van der Waals surface area (Å²) in [5.41, 5.74) is 2.10. The van der Waals surface area contributed by atoms with E-state index in [-0.39, 0.29) is 25.4 Å². The summed E-state index contributed by atoms with van der Waals surface area (Å²) in [4.78, 5) is 22.9. The molecule has 2 aromatic rings. The number of hydrogen-bond acceptors (Lipinski definition) is 5. The van der Waals surface area contributed by atoms with Crippen LogP contribution in [0.25, 0.3) is 0 Å². The van der Waals surface area contributed by atoms with Gasteiger partial charge in [0, 0.05) is 13.0 Å². The van der Waals surface area contributed by atoms with Crippen molar-refractivity contribution in [1.82, 2.24) is 5.32 Å². The van der Waals surface area contributed by atoms with Gasteiger partial charge in [-0.1, -0.05) is 54.6 Å². The van der Waals surface area contributed by atoms with Crippen LogP contribution in [0.1, 0.15) is 29.7 Å². The molecule has 0 aliphatic rings. The minimum absolute atomic E-state index is 0.0139. The number of carbonyl (C=O) groups excluding carboxylic acids is 2. The number of ketones is 1. The Hall–Kier alpha value is -2.70. The molecule has 26 heavy (non-hydrogen) atoms. The summed E-state index contributed by atoms with van der Waals surface area (Å²) < 4.78 is 5.05. The van der Waals surface area contributed by atoms with Crippen molar-refractivity contribution in [1.29, 1.82) is 0 Å². The first-order valence-corrected chi connectivity index (χ1v) is 8.34. The van der Waals surface area contributed by atoms with E-state index in [0.717, 1.165) is 11.1 Å². The van der Waals surface area contributed by atoms with Crippen LogP contribution in [-0.2, 0) is 22.6 Å². The first-order chi connectivity index (χ1) is 12.5. The number of nitrogens with one attached hydrogen (secondary N) is 1. The maximum atomic E-state index is 11.7. The van der Waals surface area contributed by atoms with E-state index in [1.54, 1.807) is 24.3 Å². The van der Waals surface area contributed by atoms with E-state index in [2.05, 4.69) is 5.32 Å². The van der Waals surface area contributed by atoms with Crippen molar-refractivity contribution in [2.75, 3.05) is 6.54 Å². The van der Waals surface area contributed by atoms with Gasteiger partial charge < -0.3 is 20.3 Å². The molecule has 6 heteroatoms. The second-order valence-corrected chi connectivity index (χ2v) is 6.08. The van der Waals surface area contributed by atoms with Crippen LogP contribution in [0.15, 0.2) is 54.6 Å². The highest BCUT2D eigenvalue weighted by molar-refractivity contribution is 5.78. The lowest BCUT2D eigenvalue weighted by Crippen LogP contribution is -2.35. The lowest BCUT2D eigenvalue weighted by molar-refractivity contribution is -0.116. The Balaban J connectivity index is 1.82. The predicted octanol–water partition coefficient (Wildman–Crippen LogP) is 2.14. The Morgan fingerprint density at radius 2 is 1.73 bits per heavy atom. The Labute approximate surface area is 152 Å². The van der Waals surface area contributed by atoms with Crippen molar-refractivity contribution in [2.45, 2.75) is 32.2 Å². The van der Waals surface area contributed by atoms with Crippen LogP contribution in [-0.4, -0.2) is 34.7 Å². The topological polar surface area (TPSA) is 95.9 Å². The number of ether oxygens (including phenoxy) is 1. The summed E-state index contributed by atoms with van der Waals surface area (Å²) in [5.74, 6) is 0.0139. The number of amides is 1. The highest BCUT2D eigenvalue weighted by Crippen LogP contribution is 2.18. The molecule has 0 aliphatic carbocycles. The minimum Gasteiger partial charge on any atom is -0.445 e. The number of aliphatic hydroxyl groups is 2. The third-order valence-electron chi connectivity index (χ3n) is 3.78. The van der Waals surface area contributed by atoms with Crippen LogP contribution in [0.5, 0.6) is 0 Å². The number of alkyl carbamates (subject to hydrolysis) is 1. The Morgan fingerprint density at radius 3 is 2.42 bits per heavy atom. The van der Waals surface area contributed by atoms with E-state index >= 15 is 0 Å². The van der Waals surface area contributed by atoms with E-state index in [4.69, 9.17) is 4.74 Å². The maximum Gasteiger partial charge on any atom is 0.407 e. The molecular weight excluding hydrogens is 334 g/mol. The highest BCUT2D eigenvalue weighted by Gasteiger charge is 2.19. The zero-order valence-electron chi connectivity index (χ0n) is 14.6. The highest BCUT2D eigenvalue weighted by atomic mass is 16.5. The summed E-state index contributed by atoms with van der Waals surface area (Å²) in [6, 6.07) is 16.0. The van der Waals surface area contributed by atoms with Crippen LogP contribution in [0.3, 0.4) is 0 Å². The smallest absolute Gasteiger partial charge is 0.407 e. The molecule has 0 heterocycles. The molecule has 2 rings (SSSR count). The first-order valence-electron chi connectivity index (χ1n) is 8.34. The molecule has 0 bridgehead atoms. The minimum atomic E-state index is -1.20. The third-order valence-corrected chi connectivity index (χ3v) is 3.78. The van der Waals surface area contributed by atoms with Gasteiger partial charge in [0.05, 0.1) is 0 Å². The van der Waals surface area contributed by atoms with Gasteiger partial charge in [-0.15, -0.1) is 0 Å². The molecule has 0 fully saturated rings. The zero-order valence-corrected chi connectivity index (χ0v) is 14.6. The van der Waals surface area contributed by atoms with Crippen molar-refractivity contribution in [2.24, 2.45) is 0 Å². The van der Waals surface area contributed by atoms with E-state index < -0.39 is 18.3 Å². The molecule has 6 nitrogen and oxygen atoms in total. The number of aliphatic hydroxyl groups excluding tert-OH is 2. The molecule has 0 saturated heterocycles. The lowest BCUT2D eigenvalue weighted by Gasteiger charge is -2.19. The number of carbonyl (C=O) groups is 2. The molecule has 1 amide bonds. The van der Waals surface area contributed by atoms with Crippen molar-refractivity contribution in [3.05, 3.63) is 71.3 Å². The summed E-state index contributed by atoms with van der Waals surface area (Å²) >= 11 is 0. The van der Waals surface area contributed by atoms with E-state index in [1.165, 1.54) is 6.92 Å². The van der Waals surface area contributed by atoms with Gasteiger partial charge in [-0.05, 0) is 23.6 Å².